The molecule has 0 bridgehead atoms. The van der Waals surface area contributed by atoms with E-state index in [1.807, 2.05) is 12.1 Å². The first-order chi connectivity index (χ1) is 9.58. The molecule has 2 rings (SSSR count). The molecule has 1 aromatic carbocycles. The number of amides is 1. The van der Waals surface area contributed by atoms with Gasteiger partial charge in [0, 0.05) is 18.8 Å². The smallest absolute Gasteiger partial charge is 0.311 e. The lowest BCUT2D eigenvalue weighted by atomic mass is 10.1. The summed E-state index contributed by atoms with van der Waals surface area (Å²) in [6.45, 7) is 3.13. The predicted octanol–water partition coefficient (Wildman–Crippen LogP) is 1.37. The van der Waals surface area contributed by atoms with E-state index in [0.717, 1.165) is 31.5 Å². The minimum atomic E-state index is -0.731. The molecule has 1 unspecified atom stereocenters. The summed E-state index contributed by atoms with van der Waals surface area (Å²) in [5.74, 6) is -0.542. The van der Waals surface area contributed by atoms with E-state index in [4.69, 9.17) is 10.5 Å². The van der Waals surface area contributed by atoms with Crippen LogP contribution in [0.4, 0.5) is 5.69 Å². The highest BCUT2D eigenvalue weighted by Gasteiger charge is 2.25. The zero-order valence-corrected chi connectivity index (χ0v) is 11.7. The van der Waals surface area contributed by atoms with E-state index >= 15 is 0 Å². The number of esters is 1. The molecular weight excluding hydrogens is 256 g/mol. The Balaban J connectivity index is 1.87. The van der Waals surface area contributed by atoms with Gasteiger partial charge in [-0.15, -0.1) is 0 Å². The maximum atomic E-state index is 12.0. The Bertz CT molecular complexity index is 496. The normalized spacial score (nSPS) is 15.9. The molecule has 5 heteroatoms. The molecule has 1 aromatic rings. The third kappa shape index (κ3) is 3.50. The van der Waals surface area contributed by atoms with Crippen LogP contribution >= 0.6 is 0 Å². The second-order valence-electron chi connectivity index (χ2n) is 5.04. The number of carbonyl (C=O) groups is 2. The lowest BCUT2D eigenvalue weighted by Gasteiger charge is -2.20. The summed E-state index contributed by atoms with van der Waals surface area (Å²) in [4.78, 5) is 25.6. The number of benzene rings is 1. The van der Waals surface area contributed by atoms with Crippen molar-refractivity contribution in [2.24, 2.45) is 0 Å². The molecule has 0 aromatic heterocycles. The van der Waals surface area contributed by atoms with Crippen LogP contribution in [0.25, 0.3) is 0 Å². The van der Waals surface area contributed by atoms with Crippen LogP contribution < -0.4 is 5.73 Å². The molecule has 2 N–H and O–H groups in total. The second kappa shape index (κ2) is 6.41. The number of rotatable bonds is 4. The van der Waals surface area contributed by atoms with Crippen molar-refractivity contribution in [2.75, 3.05) is 18.8 Å². The van der Waals surface area contributed by atoms with Gasteiger partial charge in [-0.3, -0.25) is 9.59 Å². The topological polar surface area (TPSA) is 72.6 Å². The molecule has 108 valence electrons. The van der Waals surface area contributed by atoms with E-state index < -0.39 is 12.1 Å². The monoisotopic (exact) mass is 276 g/mol. The van der Waals surface area contributed by atoms with Crippen LogP contribution in [0.15, 0.2) is 24.3 Å². The number of nitrogens with zero attached hydrogens (tertiary/aromatic N) is 1. The third-order valence-corrected chi connectivity index (χ3v) is 3.46. The first kappa shape index (κ1) is 14.4. The van der Waals surface area contributed by atoms with Gasteiger partial charge in [-0.1, -0.05) is 18.2 Å². The lowest BCUT2D eigenvalue weighted by molar-refractivity contribution is -0.158. The third-order valence-electron chi connectivity index (χ3n) is 3.46. The molecule has 1 aliphatic rings. The van der Waals surface area contributed by atoms with Crippen molar-refractivity contribution in [3.05, 3.63) is 29.8 Å². The molecule has 1 fully saturated rings. The Labute approximate surface area is 118 Å². The molecule has 0 saturated carbocycles. The number of anilines is 1. The van der Waals surface area contributed by atoms with Crippen LogP contribution in [-0.4, -0.2) is 36.0 Å². The van der Waals surface area contributed by atoms with E-state index in [0.29, 0.717) is 5.69 Å². The van der Waals surface area contributed by atoms with Crippen molar-refractivity contribution in [2.45, 2.75) is 32.3 Å². The first-order valence-corrected chi connectivity index (χ1v) is 6.89. The summed E-state index contributed by atoms with van der Waals surface area (Å²) in [7, 11) is 0. The molecule has 1 aliphatic heterocycles. The summed E-state index contributed by atoms with van der Waals surface area (Å²) in [5, 5.41) is 0. The highest BCUT2D eigenvalue weighted by atomic mass is 16.5. The Morgan fingerprint density at radius 3 is 2.60 bits per heavy atom. The van der Waals surface area contributed by atoms with E-state index in [2.05, 4.69) is 0 Å². The van der Waals surface area contributed by atoms with Crippen molar-refractivity contribution in [3.63, 3.8) is 0 Å². The number of para-hydroxylation sites is 1. The summed E-state index contributed by atoms with van der Waals surface area (Å²) in [6.07, 6.45) is 1.40. The molecule has 0 aliphatic carbocycles. The average Bonchev–Trinajstić information content (AvgIpc) is 2.94. The Kier molecular flexibility index (Phi) is 4.61. The summed E-state index contributed by atoms with van der Waals surface area (Å²) < 4.78 is 5.20. The van der Waals surface area contributed by atoms with E-state index in [9.17, 15) is 9.59 Å². The van der Waals surface area contributed by atoms with Gasteiger partial charge in [0.2, 0.25) is 0 Å². The Morgan fingerprint density at radius 1 is 1.30 bits per heavy atom. The number of ether oxygens (including phenoxy) is 1. The van der Waals surface area contributed by atoms with Gasteiger partial charge < -0.3 is 15.4 Å². The zero-order chi connectivity index (χ0) is 14.5. The molecule has 1 saturated heterocycles. The van der Waals surface area contributed by atoms with Gasteiger partial charge >= 0.3 is 5.97 Å². The van der Waals surface area contributed by atoms with Crippen molar-refractivity contribution >= 4 is 17.6 Å². The molecule has 1 amide bonds. The maximum Gasteiger partial charge on any atom is 0.311 e. The minimum absolute atomic E-state index is 0.0876. The van der Waals surface area contributed by atoms with Crippen LogP contribution in [0.5, 0.6) is 0 Å². The predicted molar refractivity (Wildman–Crippen MR) is 75.9 cm³/mol. The van der Waals surface area contributed by atoms with E-state index in [-0.39, 0.29) is 12.3 Å². The Hall–Kier alpha value is -2.04. The molecule has 20 heavy (non-hydrogen) atoms. The van der Waals surface area contributed by atoms with Gasteiger partial charge in [0.05, 0.1) is 6.42 Å². The second-order valence-corrected chi connectivity index (χ2v) is 5.04. The highest BCUT2D eigenvalue weighted by Crippen LogP contribution is 2.14. The number of hydrogen-bond donors (Lipinski definition) is 1. The van der Waals surface area contributed by atoms with Gasteiger partial charge in [-0.2, -0.15) is 0 Å². The number of nitrogen functional groups attached to an aromatic ring is 1. The van der Waals surface area contributed by atoms with Crippen molar-refractivity contribution in [1.29, 1.82) is 0 Å². The number of likely N-dealkylation sites (tertiary alicyclic amines) is 1. The van der Waals surface area contributed by atoms with Crippen LogP contribution in [0.1, 0.15) is 25.3 Å². The standard InChI is InChI=1S/C15H20N2O3/c1-11(15(19)17-8-4-5-9-17)20-14(18)10-12-6-2-3-7-13(12)16/h2-3,6-7,11H,4-5,8-10,16H2,1H3. The van der Waals surface area contributed by atoms with Crippen LogP contribution in [-0.2, 0) is 20.7 Å². The number of nitrogens with two attached hydrogens (primary N) is 1. The SMILES string of the molecule is CC(OC(=O)Cc1ccccc1N)C(=O)N1CCCC1. The maximum absolute atomic E-state index is 12.0. The van der Waals surface area contributed by atoms with Gasteiger partial charge in [-0.25, -0.2) is 0 Å². The summed E-state index contributed by atoms with van der Waals surface area (Å²) >= 11 is 0. The fraction of sp³-hybridized carbons (Fsp3) is 0.467. The van der Waals surface area contributed by atoms with Crippen molar-refractivity contribution in [1.82, 2.24) is 4.90 Å². The van der Waals surface area contributed by atoms with Crippen LogP contribution in [0, 0.1) is 0 Å². The Morgan fingerprint density at radius 2 is 1.95 bits per heavy atom. The molecule has 1 heterocycles. The number of hydrogen-bond acceptors (Lipinski definition) is 4. The van der Waals surface area contributed by atoms with Gasteiger partial charge in [0.15, 0.2) is 6.10 Å². The molecular formula is C15H20N2O3. The largest absolute Gasteiger partial charge is 0.452 e. The average molecular weight is 276 g/mol. The quantitative estimate of drug-likeness (QED) is 0.666. The highest BCUT2D eigenvalue weighted by molar-refractivity contribution is 5.84. The van der Waals surface area contributed by atoms with Gasteiger partial charge in [-0.05, 0) is 31.4 Å². The molecule has 5 nitrogen and oxygen atoms in total. The molecule has 1 atom stereocenters. The molecule has 0 spiro atoms. The lowest BCUT2D eigenvalue weighted by Crippen LogP contribution is -2.38. The molecule has 0 radical (unpaired) electrons. The van der Waals surface area contributed by atoms with Gasteiger partial charge in [0.1, 0.15) is 0 Å². The first-order valence-electron chi connectivity index (χ1n) is 6.89. The van der Waals surface area contributed by atoms with E-state index in [1.165, 1.54) is 0 Å². The van der Waals surface area contributed by atoms with Crippen LogP contribution in [0.3, 0.4) is 0 Å². The fourth-order valence-corrected chi connectivity index (χ4v) is 2.33. The van der Waals surface area contributed by atoms with Crippen LogP contribution in [0.2, 0.25) is 0 Å². The number of carbonyl (C=O) groups excluding carboxylic acids is 2. The van der Waals surface area contributed by atoms with Crippen molar-refractivity contribution < 1.29 is 14.3 Å². The fourth-order valence-electron chi connectivity index (χ4n) is 2.33. The summed E-state index contributed by atoms with van der Waals surface area (Å²) in [5.41, 5.74) is 7.06. The zero-order valence-electron chi connectivity index (χ0n) is 11.7. The summed E-state index contributed by atoms with van der Waals surface area (Å²) in [6, 6.07) is 7.15. The van der Waals surface area contributed by atoms with Crippen molar-refractivity contribution in [3.8, 4) is 0 Å². The minimum Gasteiger partial charge on any atom is -0.452 e. The van der Waals surface area contributed by atoms with Gasteiger partial charge in [0.25, 0.3) is 5.91 Å². The van der Waals surface area contributed by atoms with E-state index in [1.54, 1.807) is 24.0 Å².